The molecular weight excluding hydrogens is 274 g/mol. The Morgan fingerprint density at radius 2 is 2.05 bits per heavy atom. The second-order valence-electron chi connectivity index (χ2n) is 5.04. The number of anilines is 1. The number of carbonyl (C=O) groups is 1. The minimum Gasteiger partial charge on any atom is -0.386 e. The number of nitrogens with two attached hydrogens (primary N) is 1. The third-order valence-corrected chi connectivity index (χ3v) is 3.75. The number of hydrogen-bond acceptors (Lipinski definition) is 3. The van der Waals surface area contributed by atoms with Gasteiger partial charge < -0.3 is 10.6 Å². The lowest BCUT2D eigenvalue weighted by atomic mass is 10.1. The SMILES string of the molecule is CC(=O)c1ccc(N2CCCCC2)c(N=C(N)CCl)c1. The summed E-state index contributed by atoms with van der Waals surface area (Å²) in [5.74, 6) is 0.575. The largest absolute Gasteiger partial charge is 0.386 e. The van der Waals surface area contributed by atoms with E-state index in [-0.39, 0.29) is 11.7 Å². The van der Waals surface area contributed by atoms with E-state index < -0.39 is 0 Å². The number of piperidine rings is 1. The first-order valence-electron chi connectivity index (χ1n) is 6.90. The molecule has 0 spiro atoms. The predicted molar refractivity (Wildman–Crippen MR) is 84.5 cm³/mol. The molecule has 1 aromatic carbocycles. The van der Waals surface area contributed by atoms with Gasteiger partial charge in [0.25, 0.3) is 0 Å². The number of halogens is 1. The average Bonchev–Trinajstić information content (AvgIpc) is 2.47. The number of ketones is 1. The number of Topliss-reactive ketones (excluding diaryl/α,β-unsaturated/α-hetero) is 1. The Bertz CT molecular complexity index is 522. The van der Waals surface area contributed by atoms with E-state index in [4.69, 9.17) is 17.3 Å². The zero-order chi connectivity index (χ0) is 14.5. The maximum atomic E-state index is 11.5. The van der Waals surface area contributed by atoms with Gasteiger partial charge in [0.1, 0.15) is 5.84 Å². The zero-order valence-electron chi connectivity index (χ0n) is 11.7. The van der Waals surface area contributed by atoms with Gasteiger partial charge in [-0.1, -0.05) is 0 Å². The Hall–Kier alpha value is -1.55. The molecular formula is C15H20ClN3O. The minimum absolute atomic E-state index is 0.0242. The van der Waals surface area contributed by atoms with Gasteiger partial charge in [-0.3, -0.25) is 4.79 Å². The fourth-order valence-electron chi connectivity index (χ4n) is 2.42. The van der Waals surface area contributed by atoms with E-state index in [0.29, 0.717) is 11.4 Å². The Labute approximate surface area is 124 Å². The van der Waals surface area contributed by atoms with Gasteiger partial charge in [-0.15, -0.1) is 11.6 Å². The highest BCUT2D eigenvalue weighted by Gasteiger charge is 2.15. The molecule has 1 aliphatic heterocycles. The fourth-order valence-corrected chi connectivity index (χ4v) is 2.48. The molecule has 0 amide bonds. The summed E-state index contributed by atoms with van der Waals surface area (Å²) in [5, 5.41) is 0. The highest BCUT2D eigenvalue weighted by atomic mass is 35.5. The van der Waals surface area contributed by atoms with Crippen LogP contribution in [0.4, 0.5) is 11.4 Å². The number of nitrogens with zero attached hydrogens (tertiary/aromatic N) is 2. The predicted octanol–water partition coefficient (Wildman–Crippen LogP) is 3.11. The van der Waals surface area contributed by atoms with Crippen LogP contribution < -0.4 is 10.6 Å². The monoisotopic (exact) mass is 293 g/mol. The van der Waals surface area contributed by atoms with Crippen molar-refractivity contribution in [3.8, 4) is 0 Å². The van der Waals surface area contributed by atoms with Crippen LogP contribution in [0.15, 0.2) is 23.2 Å². The molecule has 1 heterocycles. The molecule has 1 saturated heterocycles. The summed E-state index contributed by atoms with van der Waals surface area (Å²) in [5.41, 5.74) is 8.15. The highest BCUT2D eigenvalue weighted by molar-refractivity contribution is 6.28. The third-order valence-electron chi connectivity index (χ3n) is 3.48. The number of benzene rings is 1. The summed E-state index contributed by atoms with van der Waals surface area (Å²) in [4.78, 5) is 18.2. The maximum Gasteiger partial charge on any atom is 0.159 e. The van der Waals surface area contributed by atoms with Crippen LogP contribution in [-0.4, -0.2) is 30.6 Å². The summed E-state index contributed by atoms with van der Waals surface area (Å²) in [6.45, 7) is 3.58. The maximum absolute atomic E-state index is 11.5. The second-order valence-corrected chi connectivity index (χ2v) is 5.31. The standard InChI is InChI=1S/C15H20ClN3O/c1-11(20)12-5-6-14(19-7-3-2-4-8-19)13(9-12)18-15(17)10-16/h5-6,9H,2-4,7-8,10H2,1H3,(H2,17,18). The molecule has 0 saturated carbocycles. The summed E-state index contributed by atoms with van der Waals surface area (Å²) in [7, 11) is 0. The molecule has 1 aromatic rings. The Balaban J connectivity index is 2.41. The van der Waals surface area contributed by atoms with Crippen molar-refractivity contribution < 1.29 is 4.79 Å². The quantitative estimate of drug-likeness (QED) is 0.402. The molecule has 5 heteroatoms. The van der Waals surface area contributed by atoms with Crippen molar-refractivity contribution in [2.45, 2.75) is 26.2 Å². The van der Waals surface area contributed by atoms with Gasteiger partial charge in [0.2, 0.25) is 0 Å². The summed E-state index contributed by atoms with van der Waals surface area (Å²) in [6, 6.07) is 5.61. The van der Waals surface area contributed by atoms with E-state index in [1.807, 2.05) is 12.1 Å². The second kappa shape index (κ2) is 6.75. The van der Waals surface area contributed by atoms with Crippen LogP contribution in [0.5, 0.6) is 0 Å². The molecule has 0 atom stereocenters. The van der Waals surface area contributed by atoms with Gasteiger partial charge in [0, 0.05) is 18.7 Å². The first kappa shape index (κ1) is 14.9. The number of rotatable bonds is 4. The molecule has 0 unspecified atom stereocenters. The molecule has 108 valence electrons. The Morgan fingerprint density at radius 1 is 1.35 bits per heavy atom. The van der Waals surface area contributed by atoms with E-state index in [1.165, 1.54) is 19.3 Å². The van der Waals surface area contributed by atoms with E-state index in [0.717, 1.165) is 24.5 Å². The van der Waals surface area contributed by atoms with Gasteiger partial charge in [0.15, 0.2) is 5.78 Å². The van der Waals surface area contributed by atoms with E-state index >= 15 is 0 Å². The summed E-state index contributed by atoms with van der Waals surface area (Å²) in [6.07, 6.45) is 3.63. The van der Waals surface area contributed by atoms with Crippen molar-refractivity contribution in [3.63, 3.8) is 0 Å². The molecule has 2 N–H and O–H groups in total. The van der Waals surface area contributed by atoms with E-state index in [1.54, 1.807) is 13.0 Å². The number of amidine groups is 1. The molecule has 1 aliphatic rings. The summed E-state index contributed by atoms with van der Waals surface area (Å²) >= 11 is 5.71. The Morgan fingerprint density at radius 3 is 2.65 bits per heavy atom. The lowest BCUT2D eigenvalue weighted by Gasteiger charge is -2.30. The van der Waals surface area contributed by atoms with Crippen LogP contribution in [0.2, 0.25) is 0 Å². The normalized spacial score (nSPS) is 16.3. The van der Waals surface area contributed by atoms with Gasteiger partial charge in [0.05, 0.1) is 17.3 Å². The zero-order valence-corrected chi connectivity index (χ0v) is 12.5. The van der Waals surface area contributed by atoms with E-state index in [2.05, 4.69) is 9.89 Å². The highest BCUT2D eigenvalue weighted by Crippen LogP contribution is 2.32. The van der Waals surface area contributed by atoms with Crippen LogP contribution in [0.3, 0.4) is 0 Å². The van der Waals surface area contributed by atoms with Crippen LogP contribution in [0, 0.1) is 0 Å². The van der Waals surface area contributed by atoms with Crippen LogP contribution in [-0.2, 0) is 0 Å². The smallest absolute Gasteiger partial charge is 0.159 e. The van der Waals surface area contributed by atoms with Crippen molar-refractivity contribution in [2.75, 3.05) is 23.9 Å². The van der Waals surface area contributed by atoms with Gasteiger partial charge >= 0.3 is 0 Å². The topological polar surface area (TPSA) is 58.7 Å². The molecule has 20 heavy (non-hydrogen) atoms. The molecule has 0 aromatic heterocycles. The van der Waals surface area contributed by atoms with Crippen molar-refractivity contribution in [1.82, 2.24) is 0 Å². The third kappa shape index (κ3) is 3.51. The van der Waals surface area contributed by atoms with Crippen LogP contribution in [0.25, 0.3) is 0 Å². The average molecular weight is 294 g/mol. The lowest BCUT2D eigenvalue weighted by molar-refractivity contribution is 0.101. The van der Waals surface area contributed by atoms with E-state index in [9.17, 15) is 4.79 Å². The summed E-state index contributed by atoms with van der Waals surface area (Å²) < 4.78 is 0. The molecule has 4 nitrogen and oxygen atoms in total. The first-order valence-corrected chi connectivity index (χ1v) is 7.44. The number of hydrogen-bond donors (Lipinski definition) is 1. The van der Waals surface area contributed by atoms with Gasteiger partial charge in [-0.25, -0.2) is 4.99 Å². The lowest BCUT2D eigenvalue weighted by Crippen LogP contribution is -2.29. The molecule has 1 fully saturated rings. The number of alkyl halides is 1. The fraction of sp³-hybridized carbons (Fsp3) is 0.467. The first-order chi connectivity index (χ1) is 9.61. The van der Waals surface area contributed by atoms with Crippen molar-refractivity contribution in [3.05, 3.63) is 23.8 Å². The van der Waals surface area contributed by atoms with Gasteiger partial charge in [-0.05, 0) is 44.4 Å². The van der Waals surface area contributed by atoms with Crippen molar-refractivity contribution >= 4 is 34.6 Å². The van der Waals surface area contributed by atoms with Gasteiger partial charge in [-0.2, -0.15) is 0 Å². The van der Waals surface area contributed by atoms with Crippen molar-refractivity contribution in [1.29, 1.82) is 0 Å². The minimum atomic E-state index is 0.0242. The number of aliphatic imine (C=N–C) groups is 1. The van der Waals surface area contributed by atoms with Crippen LogP contribution >= 0.6 is 11.6 Å². The van der Waals surface area contributed by atoms with Crippen molar-refractivity contribution in [2.24, 2.45) is 10.7 Å². The number of carbonyl (C=O) groups excluding carboxylic acids is 1. The van der Waals surface area contributed by atoms with Crippen LogP contribution in [0.1, 0.15) is 36.5 Å². The molecule has 2 rings (SSSR count). The molecule has 0 aliphatic carbocycles. The Kier molecular flexibility index (Phi) is 5.01. The molecule has 0 bridgehead atoms. The molecule has 0 radical (unpaired) electrons.